The zero-order chi connectivity index (χ0) is 45.2. The molecule has 0 atom stereocenters. The van der Waals surface area contributed by atoms with E-state index in [1.54, 1.807) is 11.3 Å². The largest absolute Gasteiger partial charge is 0.309 e. The topological polar surface area (TPSA) is 48.5 Å². The first-order valence-electron chi connectivity index (χ1n) is 23.3. The van der Waals surface area contributed by atoms with E-state index in [0.717, 1.165) is 54.4 Å². The predicted molar refractivity (Wildman–Crippen MR) is 290 cm³/mol. The van der Waals surface area contributed by atoms with Gasteiger partial charge in [-0.3, -0.25) is 4.57 Å². The Balaban J connectivity index is 0.935. The SMILES string of the molecule is c1ccc(-c2nc(-c3cccc4c3sc3ccccc34)nc(-n3c4ccccc4c4cc5c6ccccc6n(-c6ccc(-c7ccc8c9ccccc9c9ccccc9c8c7)cc6)c5cc43)n2)cc1. The molecule has 0 amide bonds. The van der Waals surface area contributed by atoms with E-state index >= 15 is 0 Å². The van der Waals surface area contributed by atoms with Crippen LogP contribution in [0.15, 0.2) is 224 Å². The molecule has 4 aromatic heterocycles. The highest BCUT2D eigenvalue weighted by atomic mass is 32.1. The molecule has 4 heterocycles. The highest BCUT2D eigenvalue weighted by Gasteiger charge is 2.22. The van der Waals surface area contributed by atoms with Crippen LogP contribution in [0, 0.1) is 0 Å². The molecule has 0 spiro atoms. The van der Waals surface area contributed by atoms with Gasteiger partial charge in [-0.1, -0.05) is 170 Å². The van der Waals surface area contributed by atoms with E-state index in [0.29, 0.717) is 17.6 Å². The Hall–Kier alpha value is -8.97. The van der Waals surface area contributed by atoms with Crippen LogP contribution in [0.25, 0.3) is 142 Å². The van der Waals surface area contributed by atoms with Gasteiger partial charge >= 0.3 is 0 Å². The number of fused-ring (bicyclic) bond motifs is 15. The van der Waals surface area contributed by atoms with Crippen LogP contribution in [0.5, 0.6) is 0 Å². The van der Waals surface area contributed by atoms with E-state index < -0.39 is 0 Å². The normalized spacial score (nSPS) is 12.1. The standard InChI is InChI=1S/C63H37N5S/c1-2-15-39(16-3-1)61-64-62(51-25-14-24-50-49-23-10-13-28-59(49)69-60(50)51)66-63(65-61)68-56-27-12-9-22-48(56)54-36-53-47-21-8-11-26-55(47)67(57(53)37-58(54)68)41-32-29-38(30-33-41)40-31-34-46-44-19-5-4-17-42(44)43-18-6-7-20-45(43)52(46)35-40/h1-37H. The molecule has 0 radical (unpaired) electrons. The van der Waals surface area contributed by atoms with Gasteiger partial charge in [-0.2, -0.15) is 9.97 Å². The predicted octanol–water partition coefficient (Wildman–Crippen LogP) is 16.9. The van der Waals surface area contributed by atoms with Crippen molar-refractivity contribution in [1.82, 2.24) is 24.1 Å². The van der Waals surface area contributed by atoms with E-state index in [2.05, 4.69) is 215 Å². The van der Waals surface area contributed by atoms with Gasteiger partial charge in [-0.25, -0.2) is 4.98 Å². The fourth-order valence-corrected chi connectivity index (χ4v) is 12.3. The number of thiophene rings is 1. The quantitative estimate of drug-likeness (QED) is 0.162. The molecule has 69 heavy (non-hydrogen) atoms. The summed E-state index contributed by atoms with van der Waals surface area (Å²) in [6, 6.07) is 81.0. The molecule has 0 saturated heterocycles. The van der Waals surface area contributed by atoms with Gasteiger partial charge in [0, 0.05) is 58.5 Å². The smallest absolute Gasteiger partial charge is 0.238 e. The third-order valence-corrected chi connectivity index (χ3v) is 15.4. The second-order valence-corrected chi connectivity index (χ2v) is 19.0. The molecule has 0 N–H and O–H groups in total. The lowest BCUT2D eigenvalue weighted by molar-refractivity contribution is 0.954. The maximum absolute atomic E-state index is 5.43. The lowest BCUT2D eigenvalue weighted by atomic mass is 9.92. The second-order valence-electron chi connectivity index (χ2n) is 17.9. The molecule has 0 unspecified atom stereocenters. The van der Waals surface area contributed by atoms with Crippen molar-refractivity contribution >= 4 is 107 Å². The zero-order valence-electron chi connectivity index (χ0n) is 37.0. The number of aromatic nitrogens is 5. The molecule has 0 aliphatic carbocycles. The zero-order valence-corrected chi connectivity index (χ0v) is 37.8. The molecule has 0 fully saturated rings. The van der Waals surface area contributed by atoms with Gasteiger partial charge in [0.05, 0.1) is 22.1 Å². The molecular weight excluding hydrogens is 859 g/mol. The van der Waals surface area contributed by atoms with Crippen LogP contribution in [0.1, 0.15) is 0 Å². The lowest BCUT2D eigenvalue weighted by Crippen LogP contribution is -2.06. The van der Waals surface area contributed by atoms with Gasteiger partial charge in [0.1, 0.15) is 0 Å². The third kappa shape index (κ3) is 5.73. The van der Waals surface area contributed by atoms with Crippen molar-refractivity contribution in [3.05, 3.63) is 224 Å². The van der Waals surface area contributed by atoms with Crippen molar-refractivity contribution < 1.29 is 0 Å². The maximum Gasteiger partial charge on any atom is 0.238 e. The maximum atomic E-state index is 5.43. The molecule has 15 aromatic rings. The summed E-state index contributed by atoms with van der Waals surface area (Å²) in [5.41, 5.74) is 9.70. The molecule has 0 bridgehead atoms. The van der Waals surface area contributed by atoms with E-state index in [1.165, 1.54) is 69.7 Å². The Morgan fingerprint density at radius 3 is 1.54 bits per heavy atom. The van der Waals surface area contributed by atoms with Gasteiger partial charge in [-0.05, 0) is 98.0 Å². The van der Waals surface area contributed by atoms with Crippen molar-refractivity contribution in [2.75, 3.05) is 0 Å². The first kappa shape index (κ1) is 38.2. The fraction of sp³-hybridized carbons (Fsp3) is 0. The van der Waals surface area contributed by atoms with Gasteiger partial charge in [0.25, 0.3) is 0 Å². The molecule has 0 saturated carbocycles. The van der Waals surface area contributed by atoms with Crippen molar-refractivity contribution in [3.63, 3.8) is 0 Å². The molecule has 0 aliphatic heterocycles. The number of nitrogens with zero attached hydrogens (tertiary/aromatic N) is 5. The van der Waals surface area contributed by atoms with Crippen LogP contribution in [0.3, 0.4) is 0 Å². The average molecular weight is 896 g/mol. The summed E-state index contributed by atoms with van der Waals surface area (Å²) >= 11 is 1.79. The molecule has 11 aromatic carbocycles. The molecule has 6 heteroatoms. The third-order valence-electron chi connectivity index (χ3n) is 14.2. The first-order chi connectivity index (χ1) is 34.2. The summed E-state index contributed by atoms with van der Waals surface area (Å²) in [5.74, 6) is 1.85. The van der Waals surface area contributed by atoms with Crippen molar-refractivity contribution in [2.45, 2.75) is 0 Å². The van der Waals surface area contributed by atoms with Gasteiger partial charge in [-0.15, -0.1) is 11.3 Å². The Labute approximate surface area is 399 Å². The minimum Gasteiger partial charge on any atom is -0.309 e. The molecule has 0 aliphatic rings. The Kier molecular flexibility index (Phi) is 8.17. The number of rotatable bonds is 5. The van der Waals surface area contributed by atoms with Crippen LogP contribution in [0.4, 0.5) is 0 Å². The van der Waals surface area contributed by atoms with Crippen molar-refractivity contribution in [2.24, 2.45) is 0 Å². The first-order valence-corrected chi connectivity index (χ1v) is 24.2. The summed E-state index contributed by atoms with van der Waals surface area (Å²) in [7, 11) is 0. The Morgan fingerprint density at radius 2 is 0.826 bits per heavy atom. The van der Waals surface area contributed by atoms with Crippen LogP contribution in [0.2, 0.25) is 0 Å². The fourth-order valence-electron chi connectivity index (χ4n) is 11.0. The molecule has 15 rings (SSSR count). The van der Waals surface area contributed by atoms with Crippen LogP contribution in [-0.2, 0) is 0 Å². The number of hydrogen-bond acceptors (Lipinski definition) is 4. The molecule has 5 nitrogen and oxygen atoms in total. The van der Waals surface area contributed by atoms with Crippen molar-refractivity contribution in [1.29, 1.82) is 0 Å². The van der Waals surface area contributed by atoms with Gasteiger partial charge < -0.3 is 4.57 Å². The number of benzene rings is 11. The Morgan fingerprint density at radius 1 is 0.290 bits per heavy atom. The summed E-state index contributed by atoms with van der Waals surface area (Å²) in [5, 5.41) is 14.8. The van der Waals surface area contributed by atoms with E-state index in [9.17, 15) is 0 Å². The lowest BCUT2D eigenvalue weighted by Gasteiger charge is -2.13. The monoisotopic (exact) mass is 895 g/mol. The van der Waals surface area contributed by atoms with Crippen LogP contribution in [-0.4, -0.2) is 24.1 Å². The summed E-state index contributed by atoms with van der Waals surface area (Å²) in [4.78, 5) is 16.0. The van der Waals surface area contributed by atoms with Crippen LogP contribution >= 0.6 is 11.3 Å². The van der Waals surface area contributed by atoms with E-state index in [1.807, 2.05) is 18.2 Å². The summed E-state index contributed by atoms with van der Waals surface area (Å²) in [6.45, 7) is 0. The summed E-state index contributed by atoms with van der Waals surface area (Å²) < 4.78 is 7.05. The molecule has 320 valence electrons. The number of para-hydroxylation sites is 2. The Bertz CT molecular complexity index is 4560. The minimum atomic E-state index is 0.575. The average Bonchev–Trinajstić information content (AvgIpc) is 4.08. The van der Waals surface area contributed by atoms with E-state index in [4.69, 9.17) is 15.0 Å². The van der Waals surface area contributed by atoms with Gasteiger partial charge in [0.15, 0.2) is 11.6 Å². The highest BCUT2D eigenvalue weighted by Crippen LogP contribution is 2.43. The van der Waals surface area contributed by atoms with Crippen molar-refractivity contribution in [3.8, 4) is 45.5 Å². The highest BCUT2D eigenvalue weighted by molar-refractivity contribution is 7.26. The van der Waals surface area contributed by atoms with Gasteiger partial charge in [0.2, 0.25) is 5.95 Å². The van der Waals surface area contributed by atoms with E-state index in [-0.39, 0.29) is 0 Å². The second kappa shape index (κ2) is 14.8. The number of hydrogen-bond donors (Lipinski definition) is 0. The minimum absolute atomic E-state index is 0.575. The van der Waals surface area contributed by atoms with Crippen LogP contribution < -0.4 is 0 Å². The molecular formula is C63H37N5S. The summed E-state index contributed by atoms with van der Waals surface area (Å²) in [6.07, 6.45) is 0.